The number of carbonyl (C=O) groups excluding carboxylic acids is 2. The first kappa shape index (κ1) is 13.4. The fourth-order valence-electron chi connectivity index (χ4n) is 0.866. The molecule has 0 aromatic rings. The van der Waals surface area contributed by atoms with Gasteiger partial charge >= 0.3 is 6.09 Å². The maximum absolute atomic E-state index is 11.2. The maximum Gasteiger partial charge on any atom is 0.408 e. The van der Waals surface area contributed by atoms with Gasteiger partial charge in [0.2, 0.25) is 0 Å². The molecule has 0 unspecified atom stereocenters. The van der Waals surface area contributed by atoms with Gasteiger partial charge in [-0.15, -0.1) is 0 Å². The molecule has 0 aliphatic heterocycles. The van der Waals surface area contributed by atoms with Crippen LogP contribution in [0.1, 0.15) is 34.1 Å². The van der Waals surface area contributed by atoms with Gasteiger partial charge in [-0.1, -0.05) is 0 Å². The van der Waals surface area contributed by atoms with Crippen LogP contribution in [-0.4, -0.2) is 23.5 Å². The highest BCUT2D eigenvalue weighted by Crippen LogP contribution is 2.07. The first-order valence-electron chi connectivity index (χ1n) is 4.63. The number of amides is 1. The van der Waals surface area contributed by atoms with E-state index in [4.69, 9.17) is 10.00 Å². The normalized spacial score (nSPS) is 12.5. The Labute approximate surface area is 89.4 Å². The summed E-state index contributed by atoms with van der Waals surface area (Å²) in [4.78, 5) is 22.0. The largest absolute Gasteiger partial charge is 0.444 e. The monoisotopic (exact) mass is 212 g/mol. The molecule has 0 aromatic heterocycles. The molecule has 0 fully saturated rings. The Morgan fingerprint density at radius 3 is 2.33 bits per heavy atom. The second-order valence-corrected chi connectivity index (χ2v) is 4.23. The summed E-state index contributed by atoms with van der Waals surface area (Å²) in [5.41, 5.74) is -0.611. The molecule has 1 amide bonds. The number of rotatable bonds is 3. The van der Waals surface area contributed by atoms with Crippen LogP contribution in [0.2, 0.25) is 0 Å². The summed E-state index contributed by atoms with van der Waals surface area (Å²) in [7, 11) is 0. The molecule has 5 heteroatoms. The molecule has 0 rings (SSSR count). The lowest BCUT2D eigenvalue weighted by Crippen LogP contribution is -2.39. The minimum atomic E-state index is -0.822. The molecule has 0 aliphatic rings. The average molecular weight is 212 g/mol. The highest BCUT2D eigenvalue weighted by atomic mass is 16.6. The van der Waals surface area contributed by atoms with Crippen molar-refractivity contribution in [2.75, 3.05) is 0 Å². The van der Waals surface area contributed by atoms with Crippen LogP contribution in [0.5, 0.6) is 0 Å². The topological polar surface area (TPSA) is 79.2 Å². The number of hydrogen-bond acceptors (Lipinski definition) is 4. The van der Waals surface area contributed by atoms with Gasteiger partial charge < -0.3 is 10.1 Å². The summed E-state index contributed by atoms with van der Waals surface area (Å²) < 4.78 is 4.94. The van der Waals surface area contributed by atoms with Crippen molar-refractivity contribution in [1.29, 1.82) is 5.26 Å². The average Bonchev–Trinajstić information content (AvgIpc) is 1.98. The molecule has 0 spiro atoms. The number of nitrogens with zero attached hydrogens (tertiary/aromatic N) is 1. The lowest BCUT2D eigenvalue weighted by molar-refractivity contribution is -0.117. The molecule has 0 saturated heterocycles. The second kappa shape index (κ2) is 5.35. The molecule has 0 aromatic carbocycles. The SMILES string of the molecule is CC(=O)C[C@@H](C#N)NC(=O)OC(C)(C)C. The van der Waals surface area contributed by atoms with Crippen molar-refractivity contribution in [2.45, 2.75) is 45.8 Å². The minimum absolute atomic E-state index is 0.00422. The van der Waals surface area contributed by atoms with Crippen molar-refractivity contribution < 1.29 is 14.3 Å². The third-order valence-electron chi connectivity index (χ3n) is 1.34. The fraction of sp³-hybridized carbons (Fsp3) is 0.700. The van der Waals surface area contributed by atoms with E-state index >= 15 is 0 Å². The third kappa shape index (κ3) is 7.50. The molecule has 0 radical (unpaired) electrons. The zero-order valence-corrected chi connectivity index (χ0v) is 9.46. The standard InChI is InChI=1S/C10H16N2O3/c1-7(13)5-8(6-11)12-9(14)15-10(2,3)4/h8H,5H2,1-4H3,(H,12,14)/t8-/m0/s1. The van der Waals surface area contributed by atoms with Gasteiger partial charge in [0.05, 0.1) is 6.07 Å². The van der Waals surface area contributed by atoms with Gasteiger partial charge in [0.1, 0.15) is 17.4 Å². The Hall–Kier alpha value is -1.57. The van der Waals surface area contributed by atoms with Crippen molar-refractivity contribution in [1.82, 2.24) is 5.32 Å². The summed E-state index contributed by atoms with van der Waals surface area (Å²) in [6.45, 7) is 6.53. The molecular weight excluding hydrogens is 196 g/mol. The Kier molecular flexibility index (Phi) is 4.79. The number of carbonyl (C=O) groups is 2. The Balaban J connectivity index is 4.15. The number of Topliss-reactive ketones (excluding diaryl/α,β-unsaturated/α-hetero) is 1. The van der Waals surface area contributed by atoms with Crippen molar-refractivity contribution in [3.05, 3.63) is 0 Å². The van der Waals surface area contributed by atoms with Crippen LogP contribution in [0.4, 0.5) is 4.79 Å². The predicted molar refractivity (Wildman–Crippen MR) is 54.1 cm³/mol. The van der Waals surface area contributed by atoms with Crippen molar-refractivity contribution in [2.24, 2.45) is 0 Å². The van der Waals surface area contributed by atoms with Gasteiger partial charge in [-0.25, -0.2) is 4.79 Å². The quantitative estimate of drug-likeness (QED) is 0.766. The van der Waals surface area contributed by atoms with E-state index in [1.807, 2.05) is 6.07 Å². The number of nitrogens with one attached hydrogen (secondary N) is 1. The first-order chi connectivity index (χ1) is 6.74. The summed E-state index contributed by atoms with van der Waals surface area (Å²) in [5, 5.41) is 11.0. The van der Waals surface area contributed by atoms with E-state index in [-0.39, 0.29) is 12.2 Å². The van der Waals surface area contributed by atoms with E-state index in [2.05, 4.69) is 5.32 Å². The van der Waals surface area contributed by atoms with Crippen LogP contribution in [0.25, 0.3) is 0 Å². The summed E-state index contributed by atoms with van der Waals surface area (Å²) >= 11 is 0. The molecule has 0 bridgehead atoms. The molecule has 15 heavy (non-hydrogen) atoms. The second-order valence-electron chi connectivity index (χ2n) is 4.23. The van der Waals surface area contributed by atoms with Crippen LogP contribution < -0.4 is 5.32 Å². The Morgan fingerprint density at radius 1 is 1.47 bits per heavy atom. The fourth-order valence-corrected chi connectivity index (χ4v) is 0.866. The Morgan fingerprint density at radius 2 is 2.00 bits per heavy atom. The smallest absolute Gasteiger partial charge is 0.408 e. The molecule has 5 nitrogen and oxygen atoms in total. The van der Waals surface area contributed by atoms with Crippen LogP contribution in [0, 0.1) is 11.3 Å². The Bertz CT molecular complexity index is 286. The zero-order valence-electron chi connectivity index (χ0n) is 9.46. The molecule has 0 heterocycles. The van der Waals surface area contributed by atoms with Gasteiger partial charge in [0, 0.05) is 6.42 Å². The number of ketones is 1. The minimum Gasteiger partial charge on any atom is -0.444 e. The third-order valence-corrected chi connectivity index (χ3v) is 1.34. The van der Waals surface area contributed by atoms with Gasteiger partial charge in [0.15, 0.2) is 0 Å². The molecule has 1 N–H and O–H groups in total. The van der Waals surface area contributed by atoms with E-state index < -0.39 is 17.7 Å². The molecular formula is C10H16N2O3. The molecule has 84 valence electrons. The number of nitriles is 1. The van der Waals surface area contributed by atoms with Crippen LogP contribution in [0.15, 0.2) is 0 Å². The van der Waals surface area contributed by atoms with Crippen LogP contribution in [-0.2, 0) is 9.53 Å². The number of alkyl carbamates (subject to hydrolysis) is 1. The maximum atomic E-state index is 11.2. The molecule has 0 saturated carbocycles. The summed E-state index contributed by atoms with van der Waals surface area (Å²) in [6, 6.07) is 0.995. The van der Waals surface area contributed by atoms with Gasteiger partial charge in [-0.2, -0.15) is 5.26 Å². The highest BCUT2D eigenvalue weighted by Gasteiger charge is 2.19. The first-order valence-corrected chi connectivity index (χ1v) is 4.63. The lowest BCUT2D eigenvalue weighted by Gasteiger charge is -2.20. The lowest BCUT2D eigenvalue weighted by atomic mass is 10.2. The van der Waals surface area contributed by atoms with Crippen molar-refractivity contribution in [3.8, 4) is 6.07 Å². The van der Waals surface area contributed by atoms with Crippen LogP contribution in [0.3, 0.4) is 0 Å². The molecule has 1 atom stereocenters. The van der Waals surface area contributed by atoms with Gasteiger partial charge in [-0.05, 0) is 27.7 Å². The van der Waals surface area contributed by atoms with Crippen LogP contribution >= 0.6 is 0 Å². The van der Waals surface area contributed by atoms with E-state index in [0.29, 0.717) is 0 Å². The van der Waals surface area contributed by atoms with E-state index in [9.17, 15) is 9.59 Å². The molecule has 0 aliphatic carbocycles. The van der Waals surface area contributed by atoms with Gasteiger partial charge in [-0.3, -0.25) is 4.79 Å². The summed E-state index contributed by atoms with van der Waals surface area (Å²) in [5.74, 6) is -0.155. The van der Waals surface area contributed by atoms with E-state index in [1.165, 1.54) is 6.92 Å². The predicted octanol–water partition coefficient (Wildman–Crippen LogP) is 1.38. The van der Waals surface area contributed by atoms with Gasteiger partial charge in [0.25, 0.3) is 0 Å². The van der Waals surface area contributed by atoms with Crippen molar-refractivity contribution in [3.63, 3.8) is 0 Å². The van der Waals surface area contributed by atoms with E-state index in [0.717, 1.165) is 0 Å². The highest BCUT2D eigenvalue weighted by molar-refractivity contribution is 5.78. The number of ether oxygens (including phenoxy) is 1. The number of hydrogen-bond donors (Lipinski definition) is 1. The van der Waals surface area contributed by atoms with Crippen molar-refractivity contribution >= 4 is 11.9 Å². The van der Waals surface area contributed by atoms with E-state index in [1.54, 1.807) is 20.8 Å². The zero-order chi connectivity index (χ0) is 12.1. The summed E-state index contributed by atoms with van der Waals surface area (Å²) in [6.07, 6.45) is -0.689.